The van der Waals surface area contributed by atoms with Gasteiger partial charge in [0.25, 0.3) is 0 Å². The van der Waals surface area contributed by atoms with Gasteiger partial charge in [0, 0.05) is 0 Å². The van der Waals surface area contributed by atoms with E-state index in [0.29, 0.717) is 0 Å². The van der Waals surface area contributed by atoms with Gasteiger partial charge < -0.3 is 15.3 Å². The van der Waals surface area contributed by atoms with Gasteiger partial charge in [-0.05, 0) is 28.1 Å². The summed E-state index contributed by atoms with van der Waals surface area (Å²) in [6.07, 6.45) is -4.71. The number of carboxylic acids is 1. The molecule has 5 nitrogen and oxygen atoms in total. The number of alkyl halides is 3. The zero-order chi connectivity index (χ0) is 16.2. The zero-order valence-corrected chi connectivity index (χ0v) is 12.6. The van der Waals surface area contributed by atoms with Crippen LogP contribution in [0.5, 0.6) is 0 Å². The summed E-state index contributed by atoms with van der Waals surface area (Å²) in [4.78, 5) is 22.5. The minimum Gasteiger partial charge on any atom is -0.480 e. The molecule has 1 rings (SSSR count). The summed E-state index contributed by atoms with van der Waals surface area (Å²) in [6.45, 7) is -2.76. The number of rotatable bonds is 4. The van der Waals surface area contributed by atoms with Gasteiger partial charge in [-0.15, -0.1) is 0 Å². The van der Waals surface area contributed by atoms with Crippen LogP contribution in [0, 0.1) is 0 Å². The first-order valence-electron chi connectivity index (χ1n) is 5.38. The monoisotopic (exact) mass is 388 g/mol. The van der Waals surface area contributed by atoms with Crippen molar-refractivity contribution in [2.75, 3.05) is 18.4 Å². The summed E-state index contributed by atoms with van der Waals surface area (Å²) >= 11 is 8.85. The van der Waals surface area contributed by atoms with E-state index >= 15 is 0 Å². The standard InChI is InChI=1S/C11H9BrClF3N2O3/c12-9-6(13)2-1-3-7(9)17-10(21)18(4-8(19)20)5-11(14,15)16/h1-3H,4-5H2,(H,17,21)(H,19,20). The molecule has 21 heavy (non-hydrogen) atoms. The highest BCUT2D eigenvalue weighted by Crippen LogP contribution is 2.30. The molecular weight excluding hydrogens is 380 g/mol. The van der Waals surface area contributed by atoms with Crippen LogP contribution in [0.25, 0.3) is 0 Å². The lowest BCUT2D eigenvalue weighted by Gasteiger charge is -2.22. The molecule has 0 saturated heterocycles. The Hall–Kier alpha value is -1.48. The molecule has 0 aromatic heterocycles. The Labute approximate surface area is 130 Å². The number of carboxylic acid groups (broad SMARTS) is 1. The maximum atomic E-state index is 12.4. The van der Waals surface area contributed by atoms with Crippen molar-refractivity contribution < 1.29 is 27.9 Å². The maximum absolute atomic E-state index is 12.4. The summed E-state index contributed by atoms with van der Waals surface area (Å²) in [5, 5.41) is 11.0. The average Bonchev–Trinajstić information content (AvgIpc) is 2.31. The van der Waals surface area contributed by atoms with Crippen molar-refractivity contribution in [2.24, 2.45) is 0 Å². The number of halogens is 5. The molecule has 0 saturated carbocycles. The number of anilines is 1. The topological polar surface area (TPSA) is 69.6 Å². The van der Waals surface area contributed by atoms with Crippen molar-refractivity contribution in [3.63, 3.8) is 0 Å². The van der Waals surface area contributed by atoms with E-state index in [4.69, 9.17) is 16.7 Å². The van der Waals surface area contributed by atoms with Crippen molar-refractivity contribution in [1.82, 2.24) is 4.90 Å². The highest BCUT2D eigenvalue weighted by molar-refractivity contribution is 9.10. The molecule has 116 valence electrons. The van der Waals surface area contributed by atoms with Gasteiger partial charge in [0.15, 0.2) is 0 Å². The van der Waals surface area contributed by atoms with E-state index in [2.05, 4.69) is 21.2 Å². The third-order valence-electron chi connectivity index (χ3n) is 2.18. The van der Waals surface area contributed by atoms with Gasteiger partial charge in [-0.25, -0.2) is 4.79 Å². The number of urea groups is 1. The molecule has 0 radical (unpaired) electrons. The van der Waals surface area contributed by atoms with E-state index in [-0.39, 0.29) is 20.1 Å². The van der Waals surface area contributed by atoms with Crippen molar-refractivity contribution in [2.45, 2.75) is 6.18 Å². The molecule has 0 bridgehead atoms. The average molecular weight is 390 g/mol. The number of nitrogens with one attached hydrogen (secondary N) is 1. The largest absolute Gasteiger partial charge is 0.480 e. The smallest absolute Gasteiger partial charge is 0.406 e. The van der Waals surface area contributed by atoms with Gasteiger partial charge in [-0.1, -0.05) is 17.7 Å². The zero-order valence-electron chi connectivity index (χ0n) is 10.2. The predicted octanol–water partition coefficient (Wildman–Crippen LogP) is 3.58. The quantitative estimate of drug-likeness (QED) is 0.827. The SMILES string of the molecule is O=C(O)CN(CC(F)(F)F)C(=O)Nc1cccc(Cl)c1Br. The van der Waals surface area contributed by atoms with E-state index in [9.17, 15) is 22.8 Å². The van der Waals surface area contributed by atoms with Crippen LogP contribution < -0.4 is 5.32 Å². The van der Waals surface area contributed by atoms with E-state index in [1.807, 2.05) is 0 Å². The highest BCUT2D eigenvalue weighted by atomic mass is 79.9. The second kappa shape index (κ2) is 6.99. The molecule has 0 unspecified atom stereocenters. The fourth-order valence-corrected chi connectivity index (χ4v) is 1.91. The number of hydrogen-bond acceptors (Lipinski definition) is 2. The van der Waals surface area contributed by atoms with Crippen LogP contribution in [0.3, 0.4) is 0 Å². The van der Waals surface area contributed by atoms with Crippen LogP contribution in [-0.2, 0) is 4.79 Å². The Balaban J connectivity index is 2.90. The van der Waals surface area contributed by atoms with E-state index < -0.39 is 31.3 Å². The van der Waals surface area contributed by atoms with E-state index in [1.54, 1.807) is 0 Å². The van der Waals surface area contributed by atoms with Crippen molar-refractivity contribution >= 4 is 45.2 Å². The molecule has 1 aromatic carbocycles. The highest BCUT2D eigenvalue weighted by Gasteiger charge is 2.34. The lowest BCUT2D eigenvalue weighted by molar-refractivity contribution is -0.148. The molecule has 0 aliphatic rings. The third kappa shape index (κ3) is 5.80. The Morgan fingerprint density at radius 2 is 2.00 bits per heavy atom. The minimum atomic E-state index is -4.71. The first-order chi connectivity index (χ1) is 9.60. The van der Waals surface area contributed by atoms with Crippen molar-refractivity contribution in [1.29, 1.82) is 0 Å². The number of benzene rings is 1. The van der Waals surface area contributed by atoms with Crippen LogP contribution in [0.4, 0.5) is 23.7 Å². The molecule has 0 fully saturated rings. The second-order valence-corrected chi connectivity index (χ2v) is 5.10. The molecule has 0 atom stereocenters. The van der Waals surface area contributed by atoms with Crippen LogP contribution in [0.2, 0.25) is 5.02 Å². The van der Waals surface area contributed by atoms with Crippen LogP contribution in [0.1, 0.15) is 0 Å². The molecule has 10 heteroatoms. The number of aliphatic carboxylic acids is 1. The van der Waals surface area contributed by atoms with Gasteiger partial charge in [-0.3, -0.25) is 4.79 Å². The normalized spacial score (nSPS) is 11.1. The third-order valence-corrected chi connectivity index (χ3v) is 3.57. The molecule has 0 heterocycles. The van der Waals surface area contributed by atoms with Gasteiger partial charge >= 0.3 is 18.2 Å². The molecule has 0 spiro atoms. The summed E-state index contributed by atoms with van der Waals surface area (Å²) in [5.74, 6) is -1.56. The lowest BCUT2D eigenvalue weighted by atomic mass is 10.3. The maximum Gasteiger partial charge on any atom is 0.406 e. The molecule has 0 aliphatic carbocycles. The minimum absolute atomic E-state index is 0.130. The molecule has 2 amide bonds. The summed E-state index contributed by atoms with van der Waals surface area (Å²) in [7, 11) is 0. The summed E-state index contributed by atoms with van der Waals surface area (Å²) < 4.78 is 37.3. The number of hydrogen-bond donors (Lipinski definition) is 2. The van der Waals surface area contributed by atoms with Crippen LogP contribution in [-0.4, -0.2) is 41.3 Å². The molecular formula is C11H9BrClF3N2O3. The predicted molar refractivity (Wildman–Crippen MR) is 73.4 cm³/mol. The number of carbonyl (C=O) groups excluding carboxylic acids is 1. The van der Waals surface area contributed by atoms with Gasteiger partial charge in [0.2, 0.25) is 0 Å². The first-order valence-corrected chi connectivity index (χ1v) is 6.55. The van der Waals surface area contributed by atoms with Crippen LogP contribution >= 0.6 is 27.5 Å². The summed E-state index contributed by atoms with van der Waals surface area (Å²) in [6, 6.07) is 3.19. The van der Waals surface area contributed by atoms with Crippen molar-refractivity contribution in [3.8, 4) is 0 Å². The Kier molecular flexibility index (Phi) is 5.85. The Morgan fingerprint density at radius 1 is 1.38 bits per heavy atom. The van der Waals surface area contributed by atoms with Gasteiger partial charge in [0.1, 0.15) is 13.1 Å². The lowest BCUT2D eigenvalue weighted by Crippen LogP contribution is -2.44. The molecule has 1 aromatic rings. The van der Waals surface area contributed by atoms with Gasteiger partial charge in [-0.2, -0.15) is 13.2 Å². The van der Waals surface area contributed by atoms with Crippen LogP contribution in [0.15, 0.2) is 22.7 Å². The molecule has 2 N–H and O–H groups in total. The Morgan fingerprint density at radius 3 is 2.52 bits per heavy atom. The first kappa shape index (κ1) is 17.6. The second-order valence-electron chi connectivity index (χ2n) is 3.90. The fraction of sp³-hybridized carbons (Fsp3) is 0.273. The fourth-order valence-electron chi connectivity index (χ4n) is 1.37. The number of nitrogens with zero attached hydrogens (tertiary/aromatic N) is 1. The van der Waals surface area contributed by atoms with E-state index in [0.717, 1.165) is 0 Å². The van der Waals surface area contributed by atoms with Crippen molar-refractivity contribution in [3.05, 3.63) is 27.7 Å². The number of amides is 2. The number of carbonyl (C=O) groups is 2. The van der Waals surface area contributed by atoms with E-state index in [1.165, 1.54) is 18.2 Å². The summed E-state index contributed by atoms with van der Waals surface area (Å²) in [5.41, 5.74) is 0.130. The molecule has 0 aliphatic heterocycles. The Bertz CT molecular complexity index is 554. The van der Waals surface area contributed by atoms with Gasteiger partial charge in [0.05, 0.1) is 15.2 Å².